The van der Waals surface area contributed by atoms with Crippen LogP contribution in [0.5, 0.6) is 17.2 Å². The van der Waals surface area contributed by atoms with Gasteiger partial charge in [0.25, 0.3) is 5.91 Å². The van der Waals surface area contributed by atoms with Crippen LogP contribution in [-0.4, -0.2) is 43.8 Å². The maximum Gasteiger partial charge on any atom is 0.313 e. The van der Waals surface area contributed by atoms with Crippen LogP contribution < -0.4 is 9.47 Å². The zero-order chi connectivity index (χ0) is 26.4. The number of hydroxylamine groups is 2. The highest BCUT2D eigenvalue weighted by atomic mass is 79.9. The number of benzene rings is 3. The van der Waals surface area contributed by atoms with E-state index >= 15 is 0 Å². The van der Waals surface area contributed by atoms with Gasteiger partial charge in [-0.3, -0.25) is 14.4 Å². The van der Waals surface area contributed by atoms with Crippen molar-refractivity contribution in [3.8, 4) is 17.2 Å². The molecular weight excluding hydrogens is 562 g/mol. The molecule has 0 radical (unpaired) electrons. The molecule has 0 saturated carbocycles. The summed E-state index contributed by atoms with van der Waals surface area (Å²) in [7, 11) is 1.48. The number of hydrogen-bond donors (Lipinski definition) is 0. The van der Waals surface area contributed by atoms with Crippen molar-refractivity contribution < 1.29 is 28.6 Å². The minimum absolute atomic E-state index is 0.253. The predicted octanol–water partition coefficient (Wildman–Crippen LogP) is 6.57. The maximum atomic E-state index is 12.9. The summed E-state index contributed by atoms with van der Waals surface area (Å²) >= 11 is 9.90. The van der Waals surface area contributed by atoms with E-state index < -0.39 is 5.92 Å². The first-order chi connectivity index (χ1) is 17.9. The van der Waals surface area contributed by atoms with Crippen LogP contribution in [0.2, 0.25) is 5.02 Å². The highest BCUT2D eigenvalue weighted by Crippen LogP contribution is 2.42. The molecule has 37 heavy (non-hydrogen) atoms. The quantitative estimate of drug-likeness (QED) is 0.208. The van der Waals surface area contributed by atoms with Crippen LogP contribution in [0.1, 0.15) is 40.7 Å². The molecule has 4 rings (SSSR count). The second kappa shape index (κ2) is 12.4. The Balaban J connectivity index is 1.43. The fourth-order valence-corrected chi connectivity index (χ4v) is 4.52. The molecule has 0 saturated heterocycles. The third-order valence-electron chi connectivity index (χ3n) is 5.97. The highest BCUT2D eigenvalue weighted by Gasteiger charge is 2.30. The SMILES string of the molecule is CCOC(=O)C1CCOc2cc(Oc3ccc(C(=O)N(CCc4ccc(Br)cc4)OC)cc3)c(Cl)cc21. The molecule has 3 aromatic rings. The van der Waals surface area contributed by atoms with E-state index in [0.29, 0.717) is 66.0 Å². The summed E-state index contributed by atoms with van der Waals surface area (Å²) in [6, 6.07) is 18.0. The lowest BCUT2D eigenvalue weighted by atomic mass is 9.93. The Labute approximate surface area is 229 Å². The molecule has 0 spiro atoms. The Morgan fingerprint density at radius 2 is 1.84 bits per heavy atom. The van der Waals surface area contributed by atoms with E-state index in [1.165, 1.54) is 12.2 Å². The topological polar surface area (TPSA) is 74.3 Å². The Bertz CT molecular complexity index is 1250. The first-order valence-electron chi connectivity index (χ1n) is 11.9. The van der Waals surface area contributed by atoms with Crippen LogP contribution in [0.25, 0.3) is 0 Å². The number of carbonyl (C=O) groups is 2. The monoisotopic (exact) mass is 587 g/mol. The van der Waals surface area contributed by atoms with E-state index in [4.69, 9.17) is 30.6 Å². The van der Waals surface area contributed by atoms with Crippen LogP contribution in [0, 0.1) is 0 Å². The maximum absolute atomic E-state index is 12.9. The molecule has 0 bridgehead atoms. The Kier molecular flexibility index (Phi) is 9.08. The molecule has 0 aliphatic carbocycles. The largest absolute Gasteiger partial charge is 0.493 e. The molecule has 0 N–H and O–H groups in total. The second-order valence-electron chi connectivity index (χ2n) is 8.35. The molecule has 0 fully saturated rings. The molecule has 1 unspecified atom stereocenters. The molecule has 0 aromatic heterocycles. The van der Waals surface area contributed by atoms with Gasteiger partial charge in [-0.15, -0.1) is 0 Å². The third-order valence-corrected chi connectivity index (χ3v) is 6.79. The molecule has 1 aliphatic rings. The average molecular weight is 589 g/mol. The van der Waals surface area contributed by atoms with Crippen molar-refractivity contribution in [3.63, 3.8) is 0 Å². The smallest absolute Gasteiger partial charge is 0.313 e. The van der Waals surface area contributed by atoms with Gasteiger partial charge in [0.15, 0.2) is 0 Å². The number of nitrogens with zero attached hydrogens (tertiary/aromatic N) is 1. The van der Waals surface area contributed by atoms with E-state index in [-0.39, 0.29) is 11.9 Å². The van der Waals surface area contributed by atoms with Crippen molar-refractivity contribution in [1.82, 2.24) is 5.06 Å². The van der Waals surface area contributed by atoms with Crippen LogP contribution in [-0.2, 0) is 20.8 Å². The number of fused-ring (bicyclic) bond motifs is 1. The normalized spacial score (nSPS) is 14.3. The van der Waals surface area contributed by atoms with Crippen LogP contribution in [0.4, 0.5) is 0 Å². The lowest BCUT2D eigenvalue weighted by molar-refractivity contribution is -0.145. The van der Waals surface area contributed by atoms with Gasteiger partial charge in [-0.25, -0.2) is 5.06 Å². The van der Waals surface area contributed by atoms with Crippen molar-refractivity contribution in [2.24, 2.45) is 0 Å². The fourth-order valence-electron chi connectivity index (χ4n) is 4.05. The van der Waals surface area contributed by atoms with Gasteiger partial charge in [-0.2, -0.15) is 0 Å². The standard InChI is InChI=1S/C28H27BrClNO6/c1-3-35-28(33)22-13-15-36-25-17-26(24(30)16-23(22)25)37-21-10-6-19(7-11-21)27(32)31(34-2)14-12-18-4-8-20(29)9-5-18/h4-11,16-17,22H,3,12-15H2,1-2H3. The molecule has 7 nitrogen and oxygen atoms in total. The minimum Gasteiger partial charge on any atom is -0.493 e. The minimum atomic E-state index is -0.423. The summed E-state index contributed by atoms with van der Waals surface area (Å²) in [4.78, 5) is 30.6. The number of halogens is 2. The first-order valence-corrected chi connectivity index (χ1v) is 13.1. The summed E-state index contributed by atoms with van der Waals surface area (Å²) in [6.45, 7) is 2.89. The van der Waals surface area contributed by atoms with E-state index in [1.807, 2.05) is 24.3 Å². The van der Waals surface area contributed by atoms with Crippen LogP contribution in [0.15, 0.2) is 65.1 Å². The number of carbonyl (C=O) groups excluding carboxylic acids is 2. The van der Waals surface area contributed by atoms with E-state index in [2.05, 4.69) is 15.9 Å². The summed E-state index contributed by atoms with van der Waals surface area (Å²) < 4.78 is 17.9. The van der Waals surface area contributed by atoms with E-state index in [1.54, 1.807) is 43.3 Å². The average Bonchev–Trinajstić information content (AvgIpc) is 2.90. The Morgan fingerprint density at radius 3 is 2.51 bits per heavy atom. The number of esters is 1. The second-order valence-corrected chi connectivity index (χ2v) is 9.68. The summed E-state index contributed by atoms with van der Waals surface area (Å²) in [6.07, 6.45) is 1.18. The van der Waals surface area contributed by atoms with Crippen molar-refractivity contribution in [2.45, 2.75) is 25.7 Å². The van der Waals surface area contributed by atoms with Crippen molar-refractivity contribution >= 4 is 39.4 Å². The van der Waals surface area contributed by atoms with Gasteiger partial charge in [0.2, 0.25) is 0 Å². The molecule has 1 atom stereocenters. The summed E-state index contributed by atoms with van der Waals surface area (Å²) in [5.41, 5.74) is 2.24. The van der Waals surface area contributed by atoms with E-state index in [0.717, 1.165) is 10.0 Å². The van der Waals surface area contributed by atoms with Gasteiger partial charge in [0.1, 0.15) is 17.2 Å². The number of amides is 1. The Hall–Kier alpha value is -3.07. The molecule has 1 aliphatic heterocycles. The van der Waals surface area contributed by atoms with Gasteiger partial charge in [0, 0.05) is 21.7 Å². The van der Waals surface area contributed by atoms with Crippen molar-refractivity contribution in [1.29, 1.82) is 0 Å². The molecular formula is C28H27BrClNO6. The van der Waals surface area contributed by atoms with Crippen molar-refractivity contribution in [2.75, 3.05) is 26.9 Å². The summed E-state index contributed by atoms with van der Waals surface area (Å²) in [5, 5.41) is 1.67. The molecule has 194 valence electrons. The lowest BCUT2D eigenvalue weighted by Gasteiger charge is -2.25. The lowest BCUT2D eigenvalue weighted by Crippen LogP contribution is -2.31. The third kappa shape index (κ3) is 6.63. The Morgan fingerprint density at radius 1 is 1.11 bits per heavy atom. The van der Waals surface area contributed by atoms with Gasteiger partial charge in [0.05, 0.1) is 37.8 Å². The molecule has 9 heteroatoms. The molecule has 1 amide bonds. The van der Waals surface area contributed by atoms with E-state index in [9.17, 15) is 9.59 Å². The first kappa shape index (κ1) is 27.0. The summed E-state index contributed by atoms with van der Waals surface area (Å²) in [5.74, 6) is 0.451. The van der Waals surface area contributed by atoms with Crippen molar-refractivity contribution in [3.05, 3.63) is 86.8 Å². The molecule has 1 heterocycles. The van der Waals surface area contributed by atoms with Gasteiger partial charge in [-0.05, 0) is 67.8 Å². The molecule has 3 aromatic carbocycles. The number of ether oxygens (including phenoxy) is 3. The highest BCUT2D eigenvalue weighted by molar-refractivity contribution is 9.10. The zero-order valence-corrected chi connectivity index (χ0v) is 22.9. The zero-order valence-electron chi connectivity index (χ0n) is 20.5. The predicted molar refractivity (Wildman–Crippen MR) is 143 cm³/mol. The fraction of sp³-hybridized carbons (Fsp3) is 0.286. The number of hydrogen-bond acceptors (Lipinski definition) is 6. The van der Waals surface area contributed by atoms with Gasteiger partial charge in [-0.1, -0.05) is 39.7 Å². The van der Waals surface area contributed by atoms with Gasteiger partial charge >= 0.3 is 5.97 Å². The number of rotatable bonds is 9. The van der Waals surface area contributed by atoms with Crippen LogP contribution in [0.3, 0.4) is 0 Å². The van der Waals surface area contributed by atoms with Crippen LogP contribution >= 0.6 is 27.5 Å². The van der Waals surface area contributed by atoms with Gasteiger partial charge < -0.3 is 14.2 Å².